The van der Waals surface area contributed by atoms with E-state index in [1.54, 1.807) is 27.7 Å². The van der Waals surface area contributed by atoms with Gasteiger partial charge in [0.05, 0.1) is 22.4 Å². The van der Waals surface area contributed by atoms with Crippen LogP contribution in [0.5, 0.6) is 0 Å². The van der Waals surface area contributed by atoms with Gasteiger partial charge in [-0.05, 0) is 61.8 Å². The molecule has 0 amide bonds. The molecule has 0 atom stereocenters. The first-order valence-corrected chi connectivity index (χ1v) is 6.93. The fourth-order valence-electron chi connectivity index (χ4n) is 1.07. The summed E-state index contributed by atoms with van der Waals surface area (Å²) in [6, 6.07) is 0. The van der Waals surface area contributed by atoms with Gasteiger partial charge in [0.2, 0.25) is 0 Å². The van der Waals surface area contributed by atoms with Crippen molar-refractivity contribution >= 4 is 0 Å². The summed E-state index contributed by atoms with van der Waals surface area (Å²) in [7, 11) is 0. The van der Waals surface area contributed by atoms with E-state index in [2.05, 4.69) is 0 Å². The molecule has 0 rings (SSSR count). The Morgan fingerprint density at radius 1 is 0.632 bits per heavy atom. The van der Waals surface area contributed by atoms with E-state index in [-0.39, 0.29) is 0 Å². The quantitative estimate of drug-likeness (QED) is 0.669. The van der Waals surface area contributed by atoms with E-state index in [0.29, 0.717) is 13.2 Å². The number of rotatable bonds is 8. The van der Waals surface area contributed by atoms with Crippen LogP contribution in [0, 0.1) is 0 Å². The number of hydrogen-bond acceptors (Lipinski definition) is 4. The zero-order valence-corrected chi connectivity index (χ0v) is 13.8. The lowest BCUT2D eigenvalue weighted by Crippen LogP contribution is -2.48. The second-order valence-electron chi connectivity index (χ2n) is 7.19. The largest absolute Gasteiger partial charge is 0.387 e. The van der Waals surface area contributed by atoms with E-state index in [4.69, 9.17) is 9.47 Å². The normalized spacial score (nSPS) is 14.8. The molecular formula is C15H32O4. The maximum atomic E-state index is 9.95. The monoisotopic (exact) mass is 276 g/mol. The maximum Gasteiger partial charge on any atom is 0.0906 e. The van der Waals surface area contributed by atoms with Gasteiger partial charge in [-0.25, -0.2) is 0 Å². The first-order chi connectivity index (χ1) is 8.21. The van der Waals surface area contributed by atoms with Crippen molar-refractivity contribution in [3.05, 3.63) is 0 Å². The SMILES string of the molecule is CC(C)(O)C(C)(C)OCCCOC(C)(C)C(C)(C)O. The Labute approximate surface area is 118 Å². The van der Waals surface area contributed by atoms with Crippen LogP contribution in [0.2, 0.25) is 0 Å². The molecule has 0 heterocycles. The fourth-order valence-corrected chi connectivity index (χ4v) is 1.07. The minimum absolute atomic E-state index is 0.513. The van der Waals surface area contributed by atoms with Crippen LogP contribution in [0.1, 0.15) is 61.8 Å². The van der Waals surface area contributed by atoms with Crippen LogP contribution in [0.4, 0.5) is 0 Å². The fraction of sp³-hybridized carbons (Fsp3) is 1.00. The number of ether oxygens (including phenoxy) is 2. The molecule has 0 saturated heterocycles. The van der Waals surface area contributed by atoms with Gasteiger partial charge in [0, 0.05) is 13.2 Å². The first kappa shape index (κ1) is 18.8. The minimum atomic E-state index is -0.889. The summed E-state index contributed by atoms with van der Waals surface area (Å²) in [5.41, 5.74) is -2.97. The molecule has 2 N–H and O–H groups in total. The van der Waals surface area contributed by atoms with Crippen molar-refractivity contribution in [1.29, 1.82) is 0 Å². The molecule has 0 fully saturated rings. The van der Waals surface area contributed by atoms with E-state index < -0.39 is 22.4 Å². The summed E-state index contributed by atoms with van der Waals surface area (Å²) in [5, 5.41) is 19.9. The highest BCUT2D eigenvalue weighted by molar-refractivity contribution is 4.88. The van der Waals surface area contributed by atoms with Gasteiger partial charge in [-0.2, -0.15) is 0 Å². The lowest BCUT2D eigenvalue weighted by atomic mass is 9.89. The molecular weight excluding hydrogens is 244 g/mol. The average molecular weight is 276 g/mol. The lowest BCUT2D eigenvalue weighted by molar-refractivity contribution is -0.164. The maximum absolute atomic E-state index is 9.95. The average Bonchev–Trinajstić information content (AvgIpc) is 2.12. The molecule has 0 aromatic rings. The molecule has 4 nitrogen and oxygen atoms in total. The third kappa shape index (κ3) is 5.78. The van der Waals surface area contributed by atoms with Gasteiger partial charge in [-0.3, -0.25) is 0 Å². The van der Waals surface area contributed by atoms with Gasteiger partial charge in [-0.1, -0.05) is 0 Å². The van der Waals surface area contributed by atoms with Gasteiger partial charge < -0.3 is 19.7 Å². The molecule has 0 radical (unpaired) electrons. The molecule has 0 aliphatic heterocycles. The van der Waals surface area contributed by atoms with Crippen LogP contribution >= 0.6 is 0 Å². The minimum Gasteiger partial charge on any atom is -0.387 e. The zero-order valence-electron chi connectivity index (χ0n) is 13.8. The molecule has 0 saturated carbocycles. The van der Waals surface area contributed by atoms with E-state index >= 15 is 0 Å². The van der Waals surface area contributed by atoms with Crippen LogP contribution in [0.25, 0.3) is 0 Å². The Morgan fingerprint density at radius 3 is 1.11 bits per heavy atom. The summed E-state index contributed by atoms with van der Waals surface area (Å²) in [6.45, 7) is 15.5. The summed E-state index contributed by atoms with van der Waals surface area (Å²) < 4.78 is 11.4. The molecule has 4 heteroatoms. The van der Waals surface area contributed by atoms with Gasteiger partial charge >= 0.3 is 0 Å². The summed E-state index contributed by atoms with van der Waals surface area (Å²) in [4.78, 5) is 0. The smallest absolute Gasteiger partial charge is 0.0906 e. The Balaban J connectivity index is 4.03. The van der Waals surface area contributed by atoms with Crippen LogP contribution in [-0.4, -0.2) is 45.8 Å². The molecule has 116 valence electrons. The number of hydrogen-bond donors (Lipinski definition) is 2. The van der Waals surface area contributed by atoms with Crippen molar-refractivity contribution in [1.82, 2.24) is 0 Å². The van der Waals surface area contributed by atoms with Crippen molar-refractivity contribution < 1.29 is 19.7 Å². The summed E-state index contributed by atoms with van der Waals surface area (Å²) in [5.74, 6) is 0. The molecule has 0 unspecified atom stereocenters. The van der Waals surface area contributed by atoms with Gasteiger partial charge in [0.25, 0.3) is 0 Å². The Hall–Kier alpha value is -0.160. The highest BCUT2D eigenvalue weighted by atomic mass is 16.5. The van der Waals surface area contributed by atoms with E-state index in [1.807, 2.05) is 27.7 Å². The molecule has 0 aromatic carbocycles. The Morgan fingerprint density at radius 2 is 0.895 bits per heavy atom. The van der Waals surface area contributed by atoms with Crippen molar-refractivity contribution in [3.63, 3.8) is 0 Å². The second-order valence-corrected chi connectivity index (χ2v) is 7.19. The van der Waals surface area contributed by atoms with Crippen LogP contribution < -0.4 is 0 Å². The van der Waals surface area contributed by atoms with Crippen LogP contribution in [0.3, 0.4) is 0 Å². The van der Waals surface area contributed by atoms with Gasteiger partial charge in [0.1, 0.15) is 0 Å². The molecule has 0 spiro atoms. The third-order valence-electron chi connectivity index (χ3n) is 4.16. The van der Waals surface area contributed by atoms with Crippen LogP contribution in [0.15, 0.2) is 0 Å². The predicted molar refractivity (Wildman–Crippen MR) is 77.3 cm³/mol. The lowest BCUT2D eigenvalue weighted by Gasteiger charge is -2.38. The Kier molecular flexibility index (Phi) is 6.03. The Bertz CT molecular complexity index is 241. The molecule has 0 bridgehead atoms. The van der Waals surface area contributed by atoms with Crippen molar-refractivity contribution in [2.24, 2.45) is 0 Å². The van der Waals surface area contributed by atoms with E-state index in [9.17, 15) is 10.2 Å². The standard InChI is InChI=1S/C15H32O4/c1-12(2,16)14(5,6)18-10-9-11-19-15(7,8)13(3,4)17/h16-17H,9-11H2,1-8H3. The van der Waals surface area contributed by atoms with E-state index in [0.717, 1.165) is 6.42 Å². The molecule has 19 heavy (non-hydrogen) atoms. The zero-order chi connectivity index (χ0) is 15.5. The predicted octanol–water partition coefficient (Wildman–Crippen LogP) is 2.51. The van der Waals surface area contributed by atoms with Crippen LogP contribution in [-0.2, 0) is 9.47 Å². The highest BCUT2D eigenvalue weighted by Gasteiger charge is 2.37. The first-order valence-electron chi connectivity index (χ1n) is 6.93. The highest BCUT2D eigenvalue weighted by Crippen LogP contribution is 2.26. The van der Waals surface area contributed by atoms with Crippen molar-refractivity contribution in [2.45, 2.75) is 84.2 Å². The third-order valence-corrected chi connectivity index (χ3v) is 4.16. The van der Waals surface area contributed by atoms with Gasteiger partial charge in [-0.15, -0.1) is 0 Å². The van der Waals surface area contributed by atoms with Crippen molar-refractivity contribution in [2.75, 3.05) is 13.2 Å². The molecule has 0 aromatic heterocycles. The molecule has 0 aliphatic carbocycles. The topological polar surface area (TPSA) is 58.9 Å². The summed E-state index contributed by atoms with van der Waals surface area (Å²) in [6.07, 6.45) is 0.721. The molecule has 0 aliphatic rings. The second kappa shape index (κ2) is 6.08. The summed E-state index contributed by atoms with van der Waals surface area (Å²) >= 11 is 0. The van der Waals surface area contributed by atoms with E-state index in [1.165, 1.54) is 0 Å². The van der Waals surface area contributed by atoms with Gasteiger partial charge in [0.15, 0.2) is 0 Å². The van der Waals surface area contributed by atoms with Crippen molar-refractivity contribution in [3.8, 4) is 0 Å². The number of aliphatic hydroxyl groups is 2.